The van der Waals surface area contributed by atoms with Crippen molar-refractivity contribution in [1.29, 1.82) is 0 Å². The van der Waals surface area contributed by atoms with Gasteiger partial charge in [-0.15, -0.1) is 5.10 Å². The fourth-order valence-electron chi connectivity index (χ4n) is 3.50. The van der Waals surface area contributed by atoms with Crippen molar-refractivity contribution in [2.75, 3.05) is 17.7 Å². The highest BCUT2D eigenvalue weighted by Crippen LogP contribution is 2.25. The van der Waals surface area contributed by atoms with E-state index in [1.165, 1.54) is 18.7 Å². The summed E-state index contributed by atoms with van der Waals surface area (Å²) in [6, 6.07) is 16.1. The van der Waals surface area contributed by atoms with Gasteiger partial charge in [0, 0.05) is 35.4 Å². The second-order valence-corrected chi connectivity index (χ2v) is 8.88. The van der Waals surface area contributed by atoms with Crippen LogP contribution in [-0.2, 0) is 10.5 Å². The van der Waals surface area contributed by atoms with Crippen molar-refractivity contribution in [1.82, 2.24) is 25.0 Å². The van der Waals surface area contributed by atoms with Gasteiger partial charge in [-0.2, -0.15) is 0 Å². The Hall–Kier alpha value is -4.25. The molecule has 0 bridgehead atoms. The minimum Gasteiger partial charge on any atom is -0.497 e. The Labute approximate surface area is 212 Å². The van der Waals surface area contributed by atoms with E-state index in [9.17, 15) is 9.59 Å². The smallest absolute Gasteiger partial charge is 0.278 e. The van der Waals surface area contributed by atoms with E-state index in [0.717, 1.165) is 17.1 Å². The average Bonchev–Trinajstić information content (AvgIpc) is 3.26. The van der Waals surface area contributed by atoms with Crippen LogP contribution in [-0.4, -0.2) is 43.9 Å². The maximum Gasteiger partial charge on any atom is 0.278 e. The van der Waals surface area contributed by atoms with E-state index < -0.39 is 5.91 Å². The van der Waals surface area contributed by atoms with E-state index >= 15 is 0 Å². The Morgan fingerprint density at radius 1 is 0.972 bits per heavy atom. The van der Waals surface area contributed by atoms with Crippen molar-refractivity contribution < 1.29 is 14.3 Å². The summed E-state index contributed by atoms with van der Waals surface area (Å²) < 4.78 is 6.87. The van der Waals surface area contributed by atoms with Crippen LogP contribution in [0.15, 0.2) is 59.8 Å². The number of hydrogen-bond donors (Lipinski definition) is 2. The molecule has 184 valence electrons. The van der Waals surface area contributed by atoms with E-state index in [1.807, 2.05) is 44.2 Å². The van der Waals surface area contributed by atoms with Gasteiger partial charge in [0.2, 0.25) is 5.91 Å². The first-order valence-corrected chi connectivity index (χ1v) is 12.0. The van der Waals surface area contributed by atoms with Crippen molar-refractivity contribution in [3.8, 4) is 11.4 Å². The number of nitrogens with one attached hydrogen (secondary N) is 2. The number of carbonyl (C=O) groups excluding carboxylic acids is 2. The van der Waals surface area contributed by atoms with Gasteiger partial charge in [0.05, 0.1) is 18.5 Å². The van der Waals surface area contributed by atoms with Crippen molar-refractivity contribution in [3.63, 3.8) is 0 Å². The molecule has 0 atom stereocenters. The Morgan fingerprint density at radius 3 is 2.28 bits per heavy atom. The third-order valence-electron chi connectivity index (χ3n) is 5.04. The fraction of sp³-hybridized carbons (Fsp3) is 0.200. The van der Waals surface area contributed by atoms with Crippen molar-refractivity contribution in [2.45, 2.75) is 31.7 Å². The van der Waals surface area contributed by atoms with E-state index in [0.29, 0.717) is 33.7 Å². The third kappa shape index (κ3) is 6.05. The molecule has 0 saturated carbocycles. The van der Waals surface area contributed by atoms with Gasteiger partial charge in [0.15, 0.2) is 10.9 Å². The zero-order chi connectivity index (χ0) is 25.7. The standard InChI is InChI=1S/C25H25N7O3S/c1-15-12-16(2)27-25(26-15)36-14-22-23(30-31-32(22)20-8-10-21(35-4)11-9-20)24(34)29-19-7-5-6-18(13-19)28-17(3)33/h5-13H,14H2,1-4H3,(H,28,33)(H,29,34). The lowest BCUT2D eigenvalue weighted by molar-refractivity contribution is -0.114. The number of thioether (sulfide) groups is 1. The molecule has 11 heteroatoms. The van der Waals surface area contributed by atoms with Crippen LogP contribution in [0.1, 0.15) is 34.5 Å². The molecule has 2 amide bonds. The normalized spacial score (nSPS) is 10.7. The molecule has 2 N–H and O–H groups in total. The summed E-state index contributed by atoms with van der Waals surface area (Å²) in [4.78, 5) is 33.6. The Bertz CT molecular complexity index is 1380. The molecule has 0 saturated heterocycles. The third-order valence-corrected chi connectivity index (χ3v) is 5.89. The van der Waals surface area contributed by atoms with E-state index in [4.69, 9.17) is 4.74 Å². The zero-order valence-electron chi connectivity index (χ0n) is 20.3. The molecule has 2 aromatic carbocycles. The fourth-order valence-corrected chi connectivity index (χ4v) is 4.44. The monoisotopic (exact) mass is 503 g/mol. The first-order valence-electron chi connectivity index (χ1n) is 11.1. The molecule has 2 heterocycles. The molecular weight excluding hydrogens is 478 g/mol. The van der Waals surface area contributed by atoms with Gasteiger partial charge >= 0.3 is 0 Å². The highest BCUT2D eigenvalue weighted by molar-refractivity contribution is 7.98. The summed E-state index contributed by atoms with van der Waals surface area (Å²) >= 11 is 1.39. The number of benzene rings is 2. The number of aromatic nitrogens is 5. The van der Waals surface area contributed by atoms with Crippen molar-refractivity contribution >= 4 is 35.0 Å². The highest BCUT2D eigenvalue weighted by atomic mass is 32.2. The summed E-state index contributed by atoms with van der Waals surface area (Å²) in [6.07, 6.45) is 0. The molecule has 0 radical (unpaired) electrons. The van der Waals surface area contributed by atoms with Crippen LogP contribution in [0.5, 0.6) is 5.75 Å². The summed E-state index contributed by atoms with van der Waals surface area (Å²) in [6.45, 7) is 5.25. The Balaban J connectivity index is 1.65. The first-order chi connectivity index (χ1) is 17.3. The summed E-state index contributed by atoms with van der Waals surface area (Å²) in [5.74, 6) is 0.437. The van der Waals surface area contributed by atoms with Gasteiger partial charge in [-0.1, -0.05) is 23.0 Å². The van der Waals surface area contributed by atoms with Crippen molar-refractivity contribution in [2.24, 2.45) is 0 Å². The zero-order valence-corrected chi connectivity index (χ0v) is 21.1. The number of aryl methyl sites for hydroxylation is 2. The predicted octanol–water partition coefficient (Wildman–Crippen LogP) is 4.19. The van der Waals surface area contributed by atoms with Crippen LogP contribution in [0.25, 0.3) is 5.69 Å². The molecule has 0 fully saturated rings. The lowest BCUT2D eigenvalue weighted by Gasteiger charge is -2.10. The molecule has 0 unspecified atom stereocenters. The van der Waals surface area contributed by atoms with Gasteiger partial charge in [-0.05, 0) is 62.4 Å². The molecule has 4 rings (SSSR count). The molecule has 4 aromatic rings. The minimum atomic E-state index is -0.424. The SMILES string of the molecule is COc1ccc(-n2nnc(C(=O)Nc3cccc(NC(C)=O)c3)c2CSc2nc(C)cc(C)n2)cc1. The van der Waals surface area contributed by atoms with Gasteiger partial charge in [0.1, 0.15) is 5.75 Å². The van der Waals surface area contributed by atoms with Crippen LogP contribution in [0.4, 0.5) is 11.4 Å². The van der Waals surface area contributed by atoms with Crippen LogP contribution < -0.4 is 15.4 Å². The van der Waals surface area contributed by atoms with E-state index in [2.05, 4.69) is 30.9 Å². The lowest BCUT2D eigenvalue weighted by atomic mass is 10.2. The molecular formula is C25H25N7O3S. The number of methoxy groups -OCH3 is 1. The maximum atomic E-state index is 13.3. The summed E-state index contributed by atoms with van der Waals surface area (Å²) in [7, 11) is 1.60. The molecule has 0 aliphatic rings. The molecule has 0 spiro atoms. The number of nitrogens with zero attached hydrogens (tertiary/aromatic N) is 5. The van der Waals surface area contributed by atoms with Crippen LogP contribution in [0, 0.1) is 13.8 Å². The number of amides is 2. The van der Waals surface area contributed by atoms with Gasteiger partial charge in [-0.25, -0.2) is 14.6 Å². The molecule has 36 heavy (non-hydrogen) atoms. The molecule has 0 aliphatic heterocycles. The highest BCUT2D eigenvalue weighted by Gasteiger charge is 2.22. The van der Waals surface area contributed by atoms with Crippen LogP contribution >= 0.6 is 11.8 Å². The van der Waals surface area contributed by atoms with Crippen molar-refractivity contribution in [3.05, 3.63) is 77.4 Å². The second-order valence-electron chi connectivity index (χ2n) is 7.93. The Morgan fingerprint density at radius 2 is 1.64 bits per heavy atom. The summed E-state index contributed by atoms with van der Waals surface area (Å²) in [5, 5.41) is 14.6. The van der Waals surface area contributed by atoms with E-state index in [1.54, 1.807) is 36.1 Å². The number of rotatable bonds is 8. The van der Waals surface area contributed by atoms with Gasteiger partial charge < -0.3 is 15.4 Å². The second kappa shape index (κ2) is 11.0. The van der Waals surface area contributed by atoms with E-state index in [-0.39, 0.29) is 11.6 Å². The molecule has 2 aromatic heterocycles. The maximum absolute atomic E-state index is 13.3. The first kappa shape index (κ1) is 24.9. The molecule has 0 aliphatic carbocycles. The quantitative estimate of drug-likeness (QED) is 0.271. The lowest BCUT2D eigenvalue weighted by Crippen LogP contribution is -2.15. The summed E-state index contributed by atoms with van der Waals surface area (Å²) in [5.41, 5.74) is 4.31. The number of ether oxygens (including phenoxy) is 1. The minimum absolute atomic E-state index is 0.174. The molecule has 10 nitrogen and oxygen atoms in total. The van der Waals surface area contributed by atoms with Gasteiger partial charge in [-0.3, -0.25) is 9.59 Å². The number of carbonyl (C=O) groups is 2. The van der Waals surface area contributed by atoms with Gasteiger partial charge in [0.25, 0.3) is 5.91 Å². The van der Waals surface area contributed by atoms with Crippen LogP contribution in [0.3, 0.4) is 0 Å². The number of anilines is 2. The Kier molecular flexibility index (Phi) is 7.59. The number of hydrogen-bond acceptors (Lipinski definition) is 8. The van der Waals surface area contributed by atoms with Crippen LogP contribution in [0.2, 0.25) is 0 Å². The predicted molar refractivity (Wildman–Crippen MR) is 138 cm³/mol. The average molecular weight is 504 g/mol. The topological polar surface area (TPSA) is 124 Å². The largest absolute Gasteiger partial charge is 0.497 e.